The molecule has 0 saturated carbocycles. The van der Waals surface area contributed by atoms with Gasteiger partial charge < -0.3 is 9.88 Å². The molecule has 1 heterocycles. The number of hydrogen-bond donors (Lipinski definition) is 1. The van der Waals surface area contributed by atoms with Crippen molar-refractivity contribution in [2.24, 2.45) is 0 Å². The summed E-state index contributed by atoms with van der Waals surface area (Å²) in [6.45, 7) is 1.81. The van der Waals surface area contributed by atoms with Gasteiger partial charge in [0.15, 0.2) is 0 Å². The largest absolute Gasteiger partial charge is 0.384 e. The number of unbranched alkanes of at least 4 members (excludes halogenated alkanes) is 1. The zero-order valence-electron chi connectivity index (χ0n) is 10.8. The van der Waals surface area contributed by atoms with E-state index in [4.69, 9.17) is 0 Å². The lowest BCUT2D eigenvalue weighted by Gasteiger charge is -2.08. The molecule has 0 aliphatic carbocycles. The van der Waals surface area contributed by atoms with E-state index >= 15 is 0 Å². The summed E-state index contributed by atoms with van der Waals surface area (Å²) >= 11 is 2.11. The molecule has 0 unspecified atom stereocenters. The second-order valence-corrected chi connectivity index (χ2v) is 5.52. The van der Waals surface area contributed by atoms with Gasteiger partial charge in [-0.2, -0.15) is 0 Å². The highest BCUT2D eigenvalue weighted by Gasteiger charge is 2.08. The molecule has 1 aromatic heterocycles. The van der Waals surface area contributed by atoms with E-state index in [9.17, 15) is 10.1 Å². The molecule has 0 aliphatic rings. The van der Waals surface area contributed by atoms with E-state index in [-0.39, 0.29) is 10.6 Å². The number of hydrogen-bond acceptors (Lipinski definition) is 4. The fraction of sp³-hybridized carbons (Fsp3) is 0.308. The Balaban J connectivity index is 1.75. The second-order valence-electron chi connectivity index (χ2n) is 4.36. The van der Waals surface area contributed by atoms with Crippen LogP contribution in [0.4, 0.5) is 11.4 Å². The standard InChI is InChI=1S/C13H15IN4O2/c14-12-9-11(18(19)20)3-4-13(12)16-5-1-2-7-17-8-6-15-10-17/h3-4,6,8-10,16H,1-2,5,7H2. The topological polar surface area (TPSA) is 73.0 Å². The fourth-order valence-electron chi connectivity index (χ4n) is 1.82. The molecule has 0 spiro atoms. The number of imidazole rings is 1. The van der Waals surface area contributed by atoms with Gasteiger partial charge in [-0.15, -0.1) is 0 Å². The van der Waals surface area contributed by atoms with Crippen molar-refractivity contribution in [3.63, 3.8) is 0 Å². The molecule has 0 amide bonds. The smallest absolute Gasteiger partial charge is 0.270 e. The Bertz CT molecular complexity index is 572. The van der Waals surface area contributed by atoms with Crippen LogP contribution in [0.3, 0.4) is 0 Å². The van der Waals surface area contributed by atoms with Crippen molar-refractivity contribution in [1.29, 1.82) is 0 Å². The number of benzene rings is 1. The minimum Gasteiger partial charge on any atom is -0.384 e. The van der Waals surface area contributed by atoms with E-state index in [0.717, 1.165) is 35.2 Å². The monoisotopic (exact) mass is 386 g/mol. The average molecular weight is 386 g/mol. The molecule has 6 nitrogen and oxygen atoms in total. The summed E-state index contributed by atoms with van der Waals surface area (Å²) in [4.78, 5) is 14.3. The van der Waals surface area contributed by atoms with Crippen LogP contribution in [0.1, 0.15) is 12.8 Å². The van der Waals surface area contributed by atoms with E-state index in [0.29, 0.717) is 0 Å². The summed E-state index contributed by atoms with van der Waals surface area (Å²) in [6.07, 6.45) is 7.63. The highest BCUT2D eigenvalue weighted by atomic mass is 127. The van der Waals surface area contributed by atoms with Crippen LogP contribution in [0.2, 0.25) is 0 Å². The van der Waals surface area contributed by atoms with Gasteiger partial charge in [0, 0.05) is 46.9 Å². The number of non-ortho nitro benzene ring substituents is 1. The lowest BCUT2D eigenvalue weighted by molar-refractivity contribution is -0.384. The molecule has 0 radical (unpaired) electrons. The third-order valence-corrected chi connectivity index (χ3v) is 3.77. The number of nitro benzene ring substituents is 1. The molecule has 0 atom stereocenters. The van der Waals surface area contributed by atoms with Crippen molar-refractivity contribution in [3.05, 3.63) is 50.6 Å². The second kappa shape index (κ2) is 7.22. The van der Waals surface area contributed by atoms with E-state index in [2.05, 4.69) is 37.5 Å². The van der Waals surface area contributed by atoms with Crippen molar-refractivity contribution in [2.45, 2.75) is 19.4 Å². The normalized spacial score (nSPS) is 10.4. The van der Waals surface area contributed by atoms with Crippen LogP contribution in [0, 0.1) is 13.7 Å². The quantitative estimate of drug-likeness (QED) is 0.343. The lowest BCUT2D eigenvalue weighted by Crippen LogP contribution is -2.05. The van der Waals surface area contributed by atoms with Crippen molar-refractivity contribution in [2.75, 3.05) is 11.9 Å². The van der Waals surface area contributed by atoms with E-state index in [1.165, 1.54) is 6.07 Å². The van der Waals surface area contributed by atoms with Crippen LogP contribution in [-0.2, 0) is 6.54 Å². The molecular formula is C13H15IN4O2. The zero-order valence-corrected chi connectivity index (χ0v) is 13.0. The highest BCUT2D eigenvalue weighted by molar-refractivity contribution is 14.1. The van der Waals surface area contributed by atoms with Crippen LogP contribution < -0.4 is 5.32 Å². The predicted molar refractivity (Wildman–Crippen MR) is 85.8 cm³/mol. The summed E-state index contributed by atoms with van der Waals surface area (Å²) in [7, 11) is 0. The first-order valence-electron chi connectivity index (χ1n) is 6.30. The molecule has 0 saturated heterocycles. The third kappa shape index (κ3) is 4.19. The molecule has 2 aromatic rings. The van der Waals surface area contributed by atoms with Crippen molar-refractivity contribution in [1.82, 2.24) is 9.55 Å². The van der Waals surface area contributed by atoms with Gasteiger partial charge in [0.25, 0.3) is 5.69 Å². The van der Waals surface area contributed by atoms with Crippen molar-refractivity contribution in [3.8, 4) is 0 Å². The van der Waals surface area contributed by atoms with Gasteiger partial charge in [0.1, 0.15) is 0 Å². The molecule has 1 aromatic carbocycles. The number of aromatic nitrogens is 2. The highest BCUT2D eigenvalue weighted by Crippen LogP contribution is 2.23. The average Bonchev–Trinajstić information content (AvgIpc) is 2.93. The van der Waals surface area contributed by atoms with E-state index in [1.807, 2.05) is 12.5 Å². The number of halogens is 1. The van der Waals surface area contributed by atoms with Crippen LogP contribution in [0.25, 0.3) is 0 Å². The first-order chi connectivity index (χ1) is 9.66. The van der Waals surface area contributed by atoms with Gasteiger partial charge in [0.05, 0.1) is 11.3 Å². The molecule has 7 heteroatoms. The maximum atomic E-state index is 10.7. The Kier molecular flexibility index (Phi) is 5.33. The van der Waals surface area contributed by atoms with Gasteiger partial charge in [-0.3, -0.25) is 10.1 Å². The Hall–Kier alpha value is -1.64. The summed E-state index contributed by atoms with van der Waals surface area (Å²) in [6, 6.07) is 4.86. The van der Waals surface area contributed by atoms with Gasteiger partial charge in [-0.05, 0) is 41.5 Å². The number of nitro groups is 1. The van der Waals surface area contributed by atoms with Gasteiger partial charge in [0.2, 0.25) is 0 Å². The minimum atomic E-state index is -0.378. The Morgan fingerprint density at radius 2 is 2.25 bits per heavy atom. The molecule has 0 aliphatic heterocycles. The number of anilines is 1. The van der Waals surface area contributed by atoms with Crippen LogP contribution in [0.5, 0.6) is 0 Å². The lowest BCUT2D eigenvalue weighted by atomic mass is 10.2. The third-order valence-electron chi connectivity index (χ3n) is 2.88. The number of nitrogens with one attached hydrogen (secondary N) is 1. The van der Waals surface area contributed by atoms with Crippen LogP contribution >= 0.6 is 22.6 Å². The molecule has 20 heavy (non-hydrogen) atoms. The van der Waals surface area contributed by atoms with Gasteiger partial charge >= 0.3 is 0 Å². The number of rotatable bonds is 7. The minimum absolute atomic E-state index is 0.125. The molecular weight excluding hydrogens is 371 g/mol. The zero-order chi connectivity index (χ0) is 14.4. The van der Waals surface area contributed by atoms with E-state index < -0.39 is 0 Å². The molecule has 106 valence electrons. The first kappa shape index (κ1) is 14.8. The Labute approximate surface area is 130 Å². The molecule has 2 rings (SSSR count). The maximum absolute atomic E-state index is 10.7. The van der Waals surface area contributed by atoms with E-state index in [1.54, 1.807) is 18.3 Å². The van der Waals surface area contributed by atoms with Gasteiger partial charge in [-0.1, -0.05) is 0 Å². The van der Waals surface area contributed by atoms with Crippen molar-refractivity contribution >= 4 is 34.0 Å². The molecule has 0 fully saturated rings. The van der Waals surface area contributed by atoms with Crippen LogP contribution in [-0.4, -0.2) is 21.0 Å². The van der Waals surface area contributed by atoms with Gasteiger partial charge in [-0.25, -0.2) is 4.98 Å². The molecule has 1 N–H and O–H groups in total. The Morgan fingerprint density at radius 1 is 1.40 bits per heavy atom. The summed E-state index contributed by atoms with van der Waals surface area (Å²) in [5.74, 6) is 0. The predicted octanol–water partition coefficient (Wildman–Crippen LogP) is 3.29. The Morgan fingerprint density at radius 3 is 2.90 bits per heavy atom. The SMILES string of the molecule is O=[N+]([O-])c1ccc(NCCCCn2ccnc2)c(I)c1. The van der Waals surface area contributed by atoms with Crippen molar-refractivity contribution < 1.29 is 4.92 Å². The fourth-order valence-corrected chi connectivity index (χ4v) is 2.51. The first-order valence-corrected chi connectivity index (χ1v) is 7.38. The van der Waals surface area contributed by atoms with Crippen LogP contribution in [0.15, 0.2) is 36.9 Å². The number of aryl methyl sites for hydroxylation is 1. The summed E-state index contributed by atoms with van der Waals surface area (Å²) < 4.78 is 2.92. The summed E-state index contributed by atoms with van der Waals surface area (Å²) in [5, 5.41) is 14.0. The molecule has 0 bridgehead atoms. The summed E-state index contributed by atoms with van der Waals surface area (Å²) in [5.41, 5.74) is 1.07. The maximum Gasteiger partial charge on any atom is 0.270 e. The number of nitrogens with zero attached hydrogens (tertiary/aromatic N) is 3.